The topological polar surface area (TPSA) is 35.1 Å². The zero-order valence-corrected chi connectivity index (χ0v) is 15.6. The largest absolute Gasteiger partial charge is 0.454 e. The Hall–Kier alpha value is -2.81. The summed E-state index contributed by atoms with van der Waals surface area (Å²) in [6.45, 7) is 8.50. The lowest BCUT2D eigenvalue weighted by atomic mass is 9.98. The molecule has 0 fully saturated rings. The number of furan rings is 1. The molecule has 0 saturated carbocycles. The average molecular weight is 345 g/mol. The van der Waals surface area contributed by atoms with E-state index in [1.165, 1.54) is 0 Å². The Morgan fingerprint density at radius 1 is 0.885 bits per heavy atom. The minimum absolute atomic E-state index is 0.0309. The van der Waals surface area contributed by atoms with Crippen molar-refractivity contribution >= 4 is 22.0 Å². The molecule has 0 aliphatic carbocycles. The zero-order valence-electron chi connectivity index (χ0n) is 15.6. The molecule has 3 heteroatoms. The number of fused-ring (bicyclic) bond motifs is 2. The molecule has 0 radical (unpaired) electrons. The maximum Gasteiger partial charge on any atom is 0.232 e. The van der Waals surface area contributed by atoms with Gasteiger partial charge in [-0.15, -0.1) is 0 Å². The number of hydrogen-bond acceptors (Lipinski definition) is 2. The van der Waals surface area contributed by atoms with Crippen LogP contribution in [0.2, 0.25) is 0 Å². The maximum absolute atomic E-state index is 13.2. The third-order valence-corrected chi connectivity index (χ3v) is 4.87. The second-order valence-corrected chi connectivity index (χ2v) is 7.35. The van der Waals surface area contributed by atoms with Crippen molar-refractivity contribution in [2.75, 3.05) is 0 Å². The summed E-state index contributed by atoms with van der Waals surface area (Å²) in [5.74, 6) is 1.05. The summed E-state index contributed by atoms with van der Waals surface area (Å²) in [6, 6.07) is 18.2. The Morgan fingerprint density at radius 3 is 2.19 bits per heavy atom. The quantitative estimate of drug-likeness (QED) is 0.448. The van der Waals surface area contributed by atoms with Crippen LogP contribution < -0.4 is 5.43 Å². The summed E-state index contributed by atoms with van der Waals surface area (Å²) in [7, 11) is 0. The Bertz CT molecular complexity index is 1150. The predicted molar refractivity (Wildman–Crippen MR) is 108 cm³/mol. The van der Waals surface area contributed by atoms with Gasteiger partial charge in [0.25, 0.3) is 0 Å². The van der Waals surface area contributed by atoms with Crippen molar-refractivity contribution < 1.29 is 4.42 Å². The van der Waals surface area contributed by atoms with E-state index in [1.807, 2.05) is 42.5 Å². The lowest BCUT2D eigenvalue weighted by Gasteiger charge is -2.18. The summed E-state index contributed by atoms with van der Waals surface area (Å²) in [4.78, 5) is 13.2. The van der Waals surface area contributed by atoms with Crippen LogP contribution in [0.1, 0.15) is 45.4 Å². The number of pyridine rings is 1. The normalized spacial score (nSPS) is 11.9. The number of rotatable bonds is 3. The van der Waals surface area contributed by atoms with Crippen LogP contribution >= 0.6 is 0 Å². The van der Waals surface area contributed by atoms with Crippen molar-refractivity contribution in [1.29, 1.82) is 0 Å². The van der Waals surface area contributed by atoms with Crippen LogP contribution in [0, 0.1) is 0 Å². The summed E-state index contributed by atoms with van der Waals surface area (Å²) in [5.41, 5.74) is 4.40. The average Bonchev–Trinajstić information content (AvgIpc) is 3.03. The molecule has 0 spiro atoms. The van der Waals surface area contributed by atoms with E-state index in [1.54, 1.807) is 0 Å². The molecule has 0 atom stereocenters. The van der Waals surface area contributed by atoms with E-state index in [0.717, 1.165) is 27.9 Å². The van der Waals surface area contributed by atoms with Gasteiger partial charge in [-0.05, 0) is 31.5 Å². The highest BCUT2D eigenvalue weighted by Crippen LogP contribution is 2.39. The second kappa shape index (κ2) is 6.17. The Balaban J connectivity index is 2.30. The SMILES string of the molecule is CC(C)c1oc2c(=O)c3ccccc3n(C(C)C)c2c1-c1ccccc1. The first-order valence-corrected chi connectivity index (χ1v) is 9.15. The molecule has 4 aromatic rings. The van der Waals surface area contributed by atoms with Gasteiger partial charge in [-0.1, -0.05) is 56.3 Å². The van der Waals surface area contributed by atoms with Gasteiger partial charge in [0.1, 0.15) is 11.3 Å². The Kier molecular flexibility index (Phi) is 3.95. The minimum Gasteiger partial charge on any atom is -0.454 e. The molecule has 26 heavy (non-hydrogen) atoms. The van der Waals surface area contributed by atoms with Crippen LogP contribution in [0.4, 0.5) is 0 Å². The van der Waals surface area contributed by atoms with E-state index in [4.69, 9.17) is 4.42 Å². The summed E-state index contributed by atoms with van der Waals surface area (Å²) >= 11 is 0. The number of para-hydroxylation sites is 1. The van der Waals surface area contributed by atoms with Gasteiger partial charge in [-0.25, -0.2) is 0 Å². The van der Waals surface area contributed by atoms with Gasteiger partial charge in [0.05, 0.1) is 5.52 Å². The molecule has 2 aromatic heterocycles. The van der Waals surface area contributed by atoms with Crippen molar-refractivity contribution in [3.05, 3.63) is 70.6 Å². The third kappa shape index (κ3) is 2.38. The molecule has 0 bridgehead atoms. The van der Waals surface area contributed by atoms with Crippen molar-refractivity contribution in [1.82, 2.24) is 4.57 Å². The molecule has 3 nitrogen and oxygen atoms in total. The molecule has 2 heterocycles. The van der Waals surface area contributed by atoms with Crippen LogP contribution in [0.5, 0.6) is 0 Å². The van der Waals surface area contributed by atoms with E-state index >= 15 is 0 Å². The molecule has 2 aromatic carbocycles. The van der Waals surface area contributed by atoms with Gasteiger partial charge in [0.15, 0.2) is 5.58 Å². The van der Waals surface area contributed by atoms with Gasteiger partial charge < -0.3 is 8.98 Å². The van der Waals surface area contributed by atoms with E-state index in [-0.39, 0.29) is 17.4 Å². The number of nitrogens with zero attached hydrogens (tertiary/aromatic N) is 1. The molecule has 0 aliphatic rings. The van der Waals surface area contributed by atoms with Gasteiger partial charge in [0.2, 0.25) is 5.43 Å². The highest BCUT2D eigenvalue weighted by molar-refractivity contribution is 6.00. The molecule has 0 saturated heterocycles. The highest BCUT2D eigenvalue weighted by atomic mass is 16.3. The van der Waals surface area contributed by atoms with Gasteiger partial charge >= 0.3 is 0 Å². The summed E-state index contributed by atoms with van der Waals surface area (Å²) < 4.78 is 8.45. The van der Waals surface area contributed by atoms with Crippen LogP contribution in [0.15, 0.2) is 63.8 Å². The Morgan fingerprint density at radius 2 is 1.54 bits per heavy atom. The molecule has 0 amide bonds. The van der Waals surface area contributed by atoms with Gasteiger partial charge in [0, 0.05) is 22.9 Å². The standard InChI is InChI=1S/C23H23NO2/c1-14(2)22-19(16-10-6-5-7-11-16)20-23(26-22)21(25)17-12-8-9-13-18(17)24(20)15(3)4/h5-15H,1-4H3. The number of benzene rings is 2. The molecule has 0 N–H and O–H groups in total. The van der Waals surface area contributed by atoms with Crippen molar-refractivity contribution in [2.24, 2.45) is 0 Å². The summed E-state index contributed by atoms with van der Waals surface area (Å²) in [6.07, 6.45) is 0. The summed E-state index contributed by atoms with van der Waals surface area (Å²) in [5, 5.41) is 0.706. The molecule has 0 aliphatic heterocycles. The lowest BCUT2D eigenvalue weighted by molar-refractivity contribution is 0.521. The van der Waals surface area contributed by atoms with Crippen LogP contribution in [0.3, 0.4) is 0 Å². The number of aromatic nitrogens is 1. The number of hydrogen-bond donors (Lipinski definition) is 0. The van der Waals surface area contributed by atoms with Crippen molar-refractivity contribution in [3.8, 4) is 11.1 Å². The molecule has 4 rings (SSSR count). The smallest absolute Gasteiger partial charge is 0.232 e. The molecule has 0 unspecified atom stereocenters. The fourth-order valence-electron chi connectivity index (χ4n) is 3.77. The Labute approximate surface area is 152 Å². The van der Waals surface area contributed by atoms with Gasteiger partial charge in [-0.3, -0.25) is 4.79 Å². The van der Waals surface area contributed by atoms with E-state index in [2.05, 4.69) is 44.4 Å². The highest BCUT2D eigenvalue weighted by Gasteiger charge is 2.25. The van der Waals surface area contributed by atoms with Crippen molar-refractivity contribution in [3.63, 3.8) is 0 Å². The fourth-order valence-corrected chi connectivity index (χ4v) is 3.77. The molecular weight excluding hydrogens is 322 g/mol. The van der Waals surface area contributed by atoms with E-state index in [0.29, 0.717) is 11.0 Å². The van der Waals surface area contributed by atoms with E-state index < -0.39 is 0 Å². The zero-order chi connectivity index (χ0) is 18.4. The van der Waals surface area contributed by atoms with Crippen LogP contribution in [-0.4, -0.2) is 4.57 Å². The maximum atomic E-state index is 13.2. The predicted octanol–water partition coefficient (Wildman–Crippen LogP) is 6.12. The van der Waals surface area contributed by atoms with E-state index in [9.17, 15) is 4.79 Å². The van der Waals surface area contributed by atoms with Crippen LogP contribution in [0.25, 0.3) is 33.1 Å². The minimum atomic E-state index is -0.0309. The van der Waals surface area contributed by atoms with Gasteiger partial charge in [-0.2, -0.15) is 0 Å². The van der Waals surface area contributed by atoms with Crippen LogP contribution in [-0.2, 0) is 0 Å². The first kappa shape index (κ1) is 16.6. The monoisotopic (exact) mass is 345 g/mol. The first-order valence-electron chi connectivity index (χ1n) is 9.15. The lowest BCUT2D eigenvalue weighted by Crippen LogP contribution is -2.12. The second-order valence-electron chi connectivity index (χ2n) is 7.35. The molecular formula is C23H23NO2. The fraction of sp³-hybridized carbons (Fsp3) is 0.261. The third-order valence-electron chi connectivity index (χ3n) is 4.87. The molecule has 132 valence electrons. The van der Waals surface area contributed by atoms with Crippen molar-refractivity contribution in [2.45, 2.75) is 39.7 Å². The first-order chi connectivity index (χ1) is 12.5.